The summed E-state index contributed by atoms with van der Waals surface area (Å²) in [6.45, 7) is 5.55. The van der Waals surface area contributed by atoms with Crippen molar-refractivity contribution in [3.8, 4) is 6.07 Å². The second kappa shape index (κ2) is 8.99. The number of aryl methyl sites for hydroxylation is 1. The lowest BCUT2D eigenvalue weighted by Gasteiger charge is -2.11. The molecule has 0 saturated heterocycles. The molecule has 0 radical (unpaired) electrons. The molecule has 2 aromatic heterocycles. The summed E-state index contributed by atoms with van der Waals surface area (Å²) in [5.41, 5.74) is 9.17. The van der Waals surface area contributed by atoms with Crippen molar-refractivity contribution >= 4 is 28.1 Å². The minimum atomic E-state index is -4.24. The van der Waals surface area contributed by atoms with Gasteiger partial charge in [0.2, 0.25) is 0 Å². The average molecular weight is 442 g/mol. The summed E-state index contributed by atoms with van der Waals surface area (Å²) in [6, 6.07) is 9.62. The first-order valence-corrected chi connectivity index (χ1v) is 10.5. The fourth-order valence-electron chi connectivity index (χ4n) is 3.45. The van der Waals surface area contributed by atoms with Crippen LogP contribution in [0.3, 0.4) is 0 Å². The Morgan fingerprint density at radius 2 is 1.97 bits per heavy atom. The lowest BCUT2D eigenvalue weighted by molar-refractivity contribution is -0.137. The molecule has 4 rings (SSSR count). The lowest BCUT2D eigenvalue weighted by atomic mass is 9.95. The largest absolute Gasteiger partial charge is 0.398 e. The van der Waals surface area contributed by atoms with Crippen LogP contribution in [0.5, 0.6) is 0 Å². The summed E-state index contributed by atoms with van der Waals surface area (Å²) in [6.07, 6.45) is -0.533. The molecule has 1 fully saturated rings. The van der Waals surface area contributed by atoms with Crippen LogP contribution in [0.1, 0.15) is 51.2 Å². The van der Waals surface area contributed by atoms with E-state index in [1.807, 2.05) is 32.0 Å². The number of aromatic nitrogens is 3. The predicted octanol–water partition coefficient (Wildman–Crippen LogP) is 5.69. The van der Waals surface area contributed by atoms with Crippen LogP contribution in [0.4, 0.5) is 24.7 Å². The van der Waals surface area contributed by atoms with Crippen molar-refractivity contribution in [3.05, 3.63) is 47.8 Å². The average Bonchev–Trinajstić information content (AvgIpc) is 3.47. The van der Waals surface area contributed by atoms with Crippen molar-refractivity contribution in [2.45, 2.75) is 58.2 Å². The van der Waals surface area contributed by atoms with Gasteiger partial charge in [-0.25, -0.2) is 9.98 Å². The van der Waals surface area contributed by atoms with Crippen molar-refractivity contribution < 1.29 is 13.2 Å². The van der Waals surface area contributed by atoms with Gasteiger partial charge in [0.15, 0.2) is 5.82 Å². The van der Waals surface area contributed by atoms with Gasteiger partial charge in [0.05, 0.1) is 42.4 Å². The van der Waals surface area contributed by atoms with E-state index in [1.165, 1.54) is 17.1 Å². The normalized spacial score (nSPS) is 15.1. The number of nitrogens with zero attached hydrogens (tertiary/aromatic N) is 5. The highest BCUT2D eigenvalue weighted by Crippen LogP contribution is 2.48. The van der Waals surface area contributed by atoms with E-state index in [9.17, 15) is 18.4 Å². The van der Waals surface area contributed by atoms with Crippen LogP contribution < -0.4 is 5.73 Å². The standard InChI is InChI=1S/C21H19F3N6.C2H6/c1-13(16-3-2-15(9-17(16)26)20(12-25)4-5-20)29-19-8-14-10-28-30(18(14)11-27-19)7-6-21(22,23)24;1-2/h2-3,8-11H,4-7,26H2,1H3;1-2H3. The highest BCUT2D eigenvalue weighted by molar-refractivity contribution is 6.04. The molecule has 0 spiro atoms. The van der Waals surface area contributed by atoms with E-state index in [0.29, 0.717) is 28.1 Å². The monoisotopic (exact) mass is 442 g/mol. The van der Waals surface area contributed by atoms with Gasteiger partial charge < -0.3 is 5.73 Å². The zero-order valence-corrected chi connectivity index (χ0v) is 18.2. The minimum Gasteiger partial charge on any atom is -0.398 e. The highest BCUT2D eigenvalue weighted by atomic mass is 19.4. The van der Waals surface area contributed by atoms with E-state index in [2.05, 4.69) is 21.1 Å². The first-order chi connectivity index (χ1) is 15.2. The number of benzene rings is 1. The molecule has 0 atom stereocenters. The predicted molar refractivity (Wildman–Crippen MR) is 119 cm³/mol. The lowest BCUT2D eigenvalue weighted by Crippen LogP contribution is -2.12. The fraction of sp³-hybridized carbons (Fsp3) is 0.391. The number of nitrogen functional groups attached to an aromatic ring is 1. The Morgan fingerprint density at radius 1 is 1.25 bits per heavy atom. The summed E-state index contributed by atoms with van der Waals surface area (Å²) in [5.74, 6) is 0.412. The molecule has 0 unspecified atom stereocenters. The quantitative estimate of drug-likeness (QED) is 0.406. The zero-order chi connectivity index (χ0) is 23.5. The maximum Gasteiger partial charge on any atom is 0.390 e. The Kier molecular flexibility index (Phi) is 6.53. The molecule has 1 aliphatic carbocycles. The number of halogens is 3. The van der Waals surface area contributed by atoms with E-state index >= 15 is 0 Å². The molecule has 168 valence electrons. The molecule has 0 aliphatic heterocycles. The number of hydrogen-bond acceptors (Lipinski definition) is 5. The van der Waals surface area contributed by atoms with Crippen LogP contribution in [-0.4, -0.2) is 26.7 Å². The van der Waals surface area contributed by atoms with Crippen LogP contribution in [-0.2, 0) is 12.0 Å². The summed E-state index contributed by atoms with van der Waals surface area (Å²) < 4.78 is 38.7. The fourth-order valence-corrected chi connectivity index (χ4v) is 3.45. The van der Waals surface area contributed by atoms with Gasteiger partial charge in [-0.15, -0.1) is 0 Å². The van der Waals surface area contributed by atoms with Crippen LogP contribution >= 0.6 is 0 Å². The molecule has 32 heavy (non-hydrogen) atoms. The van der Waals surface area contributed by atoms with Crippen LogP contribution in [0.15, 0.2) is 41.7 Å². The summed E-state index contributed by atoms with van der Waals surface area (Å²) in [4.78, 5) is 8.75. The van der Waals surface area contributed by atoms with E-state index < -0.39 is 18.0 Å². The molecule has 1 aromatic carbocycles. The molecule has 2 N–H and O–H groups in total. The number of nitriles is 1. The van der Waals surface area contributed by atoms with Gasteiger partial charge >= 0.3 is 6.18 Å². The third-order valence-corrected chi connectivity index (χ3v) is 5.36. The number of aliphatic imine (C=N–C) groups is 1. The molecular weight excluding hydrogens is 417 g/mol. The molecule has 0 amide bonds. The van der Waals surface area contributed by atoms with Crippen molar-refractivity contribution in [2.75, 3.05) is 5.73 Å². The highest BCUT2D eigenvalue weighted by Gasteiger charge is 2.45. The van der Waals surface area contributed by atoms with Crippen LogP contribution in [0.2, 0.25) is 0 Å². The third-order valence-electron chi connectivity index (χ3n) is 5.36. The van der Waals surface area contributed by atoms with E-state index in [4.69, 9.17) is 5.73 Å². The van der Waals surface area contributed by atoms with Crippen molar-refractivity contribution in [1.82, 2.24) is 14.8 Å². The van der Waals surface area contributed by atoms with E-state index in [-0.39, 0.29) is 6.54 Å². The number of anilines is 1. The van der Waals surface area contributed by atoms with Crippen molar-refractivity contribution in [1.29, 1.82) is 5.26 Å². The number of nitrogens with two attached hydrogens (primary N) is 1. The molecule has 9 heteroatoms. The van der Waals surface area contributed by atoms with Gasteiger partial charge in [0, 0.05) is 22.3 Å². The number of alkyl halides is 3. The van der Waals surface area contributed by atoms with Crippen LogP contribution in [0, 0.1) is 11.3 Å². The van der Waals surface area contributed by atoms with E-state index in [1.54, 1.807) is 13.0 Å². The van der Waals surface area contributed by atoms with Crippen molar-refractivity contribution in [2.24, 2.45) is 4.99 Å². The van der Waals surface area contributed by atoms with Gasteiger partial charge in [0.25, 0.3) is 0 Å². The maximum atomic E-state index is 12.5. The number of pyridine rings is 1. The topological polar surface area (TPSA) is 92.9 Å². The second-order valence-electron chi connectivity index (χ2n) is 7.53. The number of hydrogen-bond donors (Lipinski definition) is 1. The molecule has 1 aliphatic rings. The van der Waals surface area contributed by atoms with Gasteiger partial charge in [0.1, 0.15) is 0 Å². The van der Waals surface area contributed by atoms with Gasteiger partial charge in [-0.3, -0.25) is 4.68 Å². The van der Waals surface area contributed by atoms with Crippen LogP contribution in [0.25, 0.3) is 10.9 Å². The van der Waals surface area contributed by atoms with Gasteiger partial charge in [-0.05, 0) is 37.5 Å². The first kappa shape index (κ1) is 23.3. The number of rotatable bonds is 5. The summed E-state index contributed by atoms with van der Waals surface area (Å²) in [5, 5.41) is 14.0. The molecule has 0 bridgehead atoms. The Labute approximate surface area is 184 Å². The molecular formula is C23H25F3N6. The third kappa shape index (κ3) is 4.90. The number of fused-ring (bicyclic) bond motifs is 1. The second-order valence-corrected chi connectivity index (χ2v) is 7.53. The SMILES string of the molecule is CC.CC(=Nc1cc2cnn(CCC(F)(F)F)c2cn1)c1ccc(C2(C#N)CC2)cc1N. The maximum absolute atomic E-state index is 12.5. The van der Waals surface area contributed by atoms with E-state index in [0.717, 1.165) is 24.0 Å². The molecule has 2 heterocycles. The van der Waals surface area contributed by atoms with Crippen molar-refractivity contribution in [3.63, 3.8) is 0 Å². The molecule has 1 saturated carbocycles. The Bertz CT molecular complexity index is 1180. The smallest absolute Gasteiger partial charge is 0.390 e. The molecule has 3 aromatic rings. The van der Waals surface area contributed by atoms with Gasteiger partial charge in [-0.1, -0.05) is 26.0 Å². The zero-order valence-electron chi connectivity index (χ0n) is 18.2. The van der Waals surface area contributed by atoms with Gasteiger partial charge in [-0.2, -0.15) is 23.5 Å². The Hall–Kier alpha value is -3.41. The minimum absolute atomic E-state index is 0.261. The Morgan fingerprint density at radius 3 is 2.56 bits per heavy atom. The molecule has 6 nitrogen and oxygen atoms in total. The Balaban J connectivity index is 0.00000141. The summed E-state index contributed by atoms with van der Waals surface area (Å²) in [7, 11) is 0. The first-order valence-electron chi connectivity index (χ1n) is 10.5. The summed E-state index contributed by atoms with van der Waals surface area (Å²) >= 11 is 0.